The van der Waals surface area contributed by atoms with Crippen LogP contribution in [0.25, 0.3) is 0 Å². The molecule has 1 unspecified atom stereocenters. The number of carbonyl (C=O) groups is 1. The van der Waals surface area contributed by atoms with Crippen molar-refractivity contribution in [2.24, 2.45) is 0 Å². The van der Waals surface area contributed by atoms with Gasteiger partial charge in [-0.15, -0.1) is 11.3 Å². The molecule has 20 heavy (non-hydrogen) atoms. The highest BCUT2D eigenvalue weighted by atomic mass is 79.9. The molecular formula is C13H11BrF2N2OS. The minimum absolute atomic E-state index is 0.0134. The molecule has 0 aliphatic carbocycles. The predicted molar refractivity (Wildman–Crippen MR) is 76.9 cm³/mol. The van der Waals surface area contributed by atoms with Crippen LogP contribution in [-0.4, -0.2) is 17.4 Å². The molecule has 106 valence electrons. The third kappa shape index (κ3) is 3.40. The molecule has 0 saturated carbocycles. The second kappa shape index (κ2) is 6.41. The summed E-state index contributed by atoms with van der Waals surface area (Å²) in [6, 6.07) is 2.12. The van der Waals surface area contributed by atoms with Crippen LogP contribution in [0.1, 0.15) is 28.2 Å². The van der Waals surface area contributed by atoms with Crippen molar-refractivity contribution in [3.63, 3.8) is 0 Å². The van der Waals surface area contributed by atoms with Crippen LogP contribution in [0.2, 0.25) is 0 Å². The number of rotatable bonds is 4. The fourth-order valence-electron chi connectivity index (χ4n) is 1.66. The Morgan fingerprint density at radius 2 is 2.10 bits per heavy atom. The fourth-order valence-corrected chi connectivity index (χ4v) is 2.76. The number of amides is 1. The second-order valence-electron chi connectivity index (χ2n) is 4.23. The molecule has 0 aliphatic heterocycles. The number of hydrogen-bond acceptors (Lipinski definition) is 3. The molecule has 1 amide bonds. The van der Waals surface area contributed by atoms with Crippen LogP contribution in [0, 0.1) is 11.6 Å². The molecule has 0 aliphatic rings. The van der Waals surface area contributed by atoms with Crippen molar-refractivity contribution >= 4 is 33.2 Å². The largest absolute Gasteiger partial charge is 0.351 e. The van der Waals surface area contributed by atoms with Gasteiger partial charge in [0.15, 0.2) is 0 Å². The van der Waals surface area contributed by atoms with Crippen molar-refractivity contribution in [3.05, 3.63) is 50.4 Å². The van der Waals surface area contributed by atoms with Gasteiger partial charge in [0, 0.05) is 28.5 Å². The Labute approximate surface area is 127 Å². The van der Waals surface area contributed by atoms with Gasteiger partial charge in [-0.05, 0) is 12.1 Å². The molecule has 2 aromatic rings. The lowest BCUT2D eigenvalue weighted by molar-refractivity contribution is 0.0943. The van der Waals surface area contributed by atoms with Gasteiger partial charge in [-0.2, -0.15) is 0 Å². The monoisotopic (exact) mass is 360 g/mol. The van der Waals surface area contributed by atoms with Gasteiger partial charge in [0.1, 0.15) is 17.2 Å². The van der Waals surface area contributed by atoms with Gasteiger partial charge in [0.2, 0.25) is 0 Å². The summed E-state index contributed by atoms with van der Waals surface area (Å²) < 4.78 is 27.5. The Balaban J connectivity index is 2.06. The van der Waals surface area contributed by atoms with Gasteiger partial charge in [0.25, 0.3) is 5.91 Å². The quantitative estimate of drug-likeness (QED) is 0.902. The van der Waals surface area contributed by atoms with E-state index in [0.717, 1.165) is 17.1 Å². The van der Waals surface area contributed by atoms with Crippen LogP contribution in [0.5, 0.6) is 0 Å². The van der Waals surface area contributed by atoms with E-state index in [9.17, 15) is 13.6 Å². The summed E-state index contributed by atoms with van der Waals surface area (Å²) in [6.07, 6.45) is 1.67. The Kier molecular flexibility index (Phi) is 4.82. The maximum Gasteiger partial charge on any atom is 0.257 e. The van der Waals surface area contributed by atoms with Crippen LogP contribution < -0.4 is 5.32 Å². The zero-order valence-corrected chi connectivity index (χ0v) is 12.9. The highest BCUT2D eigenvalue weighted by Gasteiger charge is 2.19. The first-order chi connectivity index (χ1) is 9.49. The van der Waals surface area contributed by atoms with E-state index in [1.165, 1.54) is 11.3 Å². The smallest absolute Gasteiger partial charge is 0.257 e. The number of carbonyl (C=O) groups excluding carboxylic acids is 1. The SMILES string of the molecule is CC(CNC(=O)c1c(F)cc(Br)cc1F)c1nccs1. The van der Waals surface area contributed by atoms with Crippen molar-refractivity contribution in [3.8, 4) is 0 Å². The van der Waals surface area contributed by atoms with E-state index in [1.54, 1.807) is 6.20 Å². The minimum atomic E-state index is -0.892. The molecule has 0 bridgehead atoms. The summed E-state index contributed by atoms with van der Waals surface area (Å²) in [5.74, 6) is -2.57. The van der Waals surface area contributed by atoms with Crippen LogP contribution in [0.3, 0.4) is 0 Å². The molecule has 0 spiro atoms. The van der Waals surface area contributed by atoms with Crippen molar-refractivity contribution in [2.75, 3.05) is 6.54 Å². The standard InChI is InChI=1S/C13H11BrF2N2OS/c1-7(13-17-2-3-20-13)6-18-12(19)11-9(15)4-8(14)5-10(11)16/h2-5,7H,6H2,1H3,(H,18,19). The van der Waals surface area contributed by atoms with E-state index in [2.05, 4.69) is 26.2 Å². The number of nitrogens with one attached hydrogen (secondary N) is 1. The first-order valence-electron chi connectivity index (χ1n) is 5.81. The Bertz CT molecular complexity index is 596. The summed E-state index contributed by atoms with van der Waals surface area (Å²) in [4.78, 5) is 16.0. The molecule has 2 rings (SSSR count). The summed E-state index contributed by atoms with van der Waals surface area (Å²) in [7, 11) is 0. The van der Waals surface area contributed by atoms with E-state index in [1.807, 2.05) is 12.3 Å². The average Bonchev–Trinajstić information content (AvgIpc) is 2.88. The molecule has 1 heterocycles. The Hall–Kier alpha value is -1.34. The molecule has 1 atom stereocenters. The first kappa shape index (κ1) is 15.1. The molecule has 1 aromatic carbocycles. The zero-order chi connectivity index (χ0) is 14.7. The number of benzene rings is 1. The van der Waals surface area contributed by atoms with E-state index in [4.69, 9.17) is 0 Å². The zero-order valence-electron chi connectivity index (χ0n) is 10.5. The summed E-state index contributed by atoms with van der Waals surface area (Å²) >= 11 is 4.44. The Morgan fingerprint density at radius 3 is 2.65 bits per heavy atom. The third-order valence-corrected chi connectivity index (χ3v) is 4.14. The maximum absolute atomic E-state index is 13.6. The summed E-state index contributed by atoms with van der Waals surface area (Å²) in [5, 5.41) is 5.22. The highest BCUT2D eigenvalue weighted by Crippen LogP contribution is 2.20. The van der Waals surface area contributed by atoms with E-state index < -0.39 is 23.1 Å². The number of nitrogens with zero attached hydrogens (tertiary/aromatic N) is 1. The average molecular weight is 361 g/mol. The summed E-state index contributed by atoms with van der Waals surface area (Å²) in [5.41, 5.74) is -0.570. The van der Waals surface area contributed by atoms with Crippen LogP contribution >= 0.6 is 27.3 Å². The fraction of sp³-hybridized carbons (Fsp3) is 0.231. The molecule has 7 heteroatoms. The molecular weight excluding hydrogens is 350 g/mol. The van der Waals surface area contributed by atoms with Gasteiger partial charge < -0.3 is 5.32 Å². The molecule has 3 nitrogen and oxygen atoms in total. The maximum atomic E-state index is 13.6. The van der Waals surface area contributed by atoms with Gasteiger partial charge in [-0.1, -0.05) is 22.9 Å². The Morgan fingerprint density at radius 1 is 1.45 bits per heavy atom. The van der Waals surface area contributed by atoms with Crippen LogP contribution in [0.15, 0.2) is 28.2 Å². The molecule has 0 radical (unpaired) electrons. The normalized spacial score (nSPS) is 12.2. The van der Waals surface area contributed by atoms with E-state index >= 15 is 0 Å². The molecule has 0 fully saturated rings. The van der Waals surface area contributed by atoms with E-state index in [0.29, 0.717) is 0 Å². The number of hydrogen-bond donors (Lipinski definition) is 1. The second-order valence-corrected chi connectivity index (χ2v) is 6.07. The lowest BCUT2D eigenvalue weighted by atomic mass is 10.1. The van der Waals surface area contributed by atoms with Gasteiger partial charge >= 0.3 is 0 Å². The third-order valence-electron chi connectivity index (χ3n) is 2.68. The van der Waals surface area contributed by atoms with Gasteiger partial charge in [0.05, 0.1) is 5.01 Å². The summed E-state index contributed by atoms with van der Waals surface area (Å²) in [6.45, 7) is 2.15. The number of halogens is 3. The van der Waals surface area contributed by atoms with Gasteiger partial charge in [-0.25, -0.2) is 13.8 Å². The van der Waals surface area contributed by atoms with Crippen molar-refractivity contribution in [2.45, 2.75) is 12.8 Å². The van der Waals surface area contributed by atoms with Crippen molar-refractivity contribution in [1.29, 1.82) is 0 Å². The van der Waals surface area contributed by atoms with E-state index in [-0.39, 0.29) is 16.9 Å². The van der Waals surface area contributed by atoms with Crippen LogP contribution in [-0.2, 0) is 0 Å². The molecule has 0 saturated heterocycles. The van der Waals surface area contributed by atoms with Crippen LogP contribution in [0.4, 0.5) is 8.78 Å². The predicted octanol–water partition coefficient (Wildman–Crippen LogP) is 3.72. The number of aromatic nitrogens is 1. The molecule has 1 N–H and O–H groups in total. The molecule has 1 aromatic heterocycles. The lowest BCUT2D eigenvalue weighted by Gasteiger charge is -2.11. The van der Waals surface area contributed by atoms with Gasteiger partial charge in [-0.3, -0.25) is 4.79 Å². The highest BCUT2D eigenvalue weighted by molar-refractivity contribution is 9.10. The lowest BCUT2D eigenvalue weighted by Crippen LogP contribution is -2.29. The van der Waals surface area contributed by atoms with Crippen molar-refractivity contribution in [1.82, 2.24) is 10.3 Å². The van der Waals surface area contributed by atoms with Crippen molar-refractivity contribution < 1.29 is 13.6 Å². The topological polar surface area (TPSA) is 42.0 Å². The minimum Gasteiger partial charge on any atom is -0.351 e. The first-order valence-corrected chi connectivity index (χ1v) is 7.48. The number of thiazole rings is 1.